The minimum atomic E-state index is -0.728. The molecule has 1 aliphatic carbocycles. The average Bonchev–Trinajstić information content (AvgIpc) is 3.09. The molecule has 0 amide bonds. The summed E-state index contributed by atoms with van der Waals surface area (Å²) in [4.78, 5) is 11.4. The number of aromatic nitrogens is 2. The Morgan fingerprint density at radius 1 is 1.33 bits per heavy atom. The first-order chi connectivity index (χ1) is 14.4. The van der Waals surface area contributed by atoms with Crippen molar-refractivity contribution in [3.63, 3.8) is 0 Å². The van der Waals surface area contributed by atoms with Crippen molar-refractivity contribution in [3.8, 4) is 17.3 Å². The molecule has 158 valence electrons. The number of aliphatic hydroxyl groups excluding tert-OH is 1. The Hall–Kier alpha value is -2.27. The summed E-state index contributed by atoms with van der Waals surface area (Å²) in [6.07, 6.45) is 5.45. The fourth-order valence-electron chi connectivity index (χ4n) is 4.94. The largest absolute Gasteiger partial charge is 0.390 e. The molecule has 6 nitrogen and oxygen atoms in total. The molecule has 1 spiro atoms. The number of benzene rings is 1. The zero-order valence-corrected chi connectivity index (χ0v) is 17.7. The van der Waals surface area contributed by atoms with Crippen molar-refractivity contribution in [1.82, 2.24) is 9.97 Å². The van der Waals surface area contributed by atoms with Crippen LogP contribution in [0.1, 0.15) is 49.1 Å². The molecule has 30 heavy (non-hydrogen) atoms. The molecule has 2 aliphatic rings. The first kappa shape index (κ1) is 21.0. The maximum Gasteiger partial charge on any atom is 0.153 e. The minimum Gasteiger partial charge on any atom is -0.390 e. The molecule has 0 radical (unpaired) electrons. The third kappa shape index (κ3) is 3.43. The van der Waals surface area contributed by atoms with Gasteiger partial charge in [-0.25, -0.2) is 14.4 Å². The molecule has 1 saturated heterocycles. The number of aryl methyl sites for hydroxylation is 1. The van der Waals surface area contributed by atoms with E-state index in [1.165, 1.54) is 25.0 Å². The van der Waals surface area contributed by atoms with E-state index in [4.69, 9.17) is 17.3 Å². The van der Waals surface area contributed by atoms with Gasteiger partial charge in [0.25, 0.3) is 0 Å². The highest BCUT2D eigenvalue weighted by Gasteiger charge is 2.43. The monoisotopic (exact) mass is 429 g/mol. The lowest BCUT2D eigenvalue weighted by molar-refractivity contribution is 0.196. The lowest BCUT2D eigenvalue weighted by atomic mass is 9.74. The van der Waals surface area contributed by atoms with Gasteiger partial charge >= 0.3 is 0 Å². The van der Waals surface area contributed by atoms with Gasteiger partial charge in [-0.3, -0.25) is 0 Å². The Kier molecular flexibility index (Phi) is 5.67. The van der Waals surface area contributed by atoms with E-state index in [0.717, 1.165) is 32.4 Å². The van der Waals surface area contributed by atoms with Gasteiger partial charge in [0.05, 0.1) is 23.0 Å². The molecule has 3 N–H and O–H groups in total. The Balaban J connectivity index is 1.67. The number of halogens is 2. The van der Waals surface area contributed by atoms with Crippen LogP contribution in [0, 0.1) is 29.5 Å². The molecule has 2 aromatic rings. The fourth-order valence-corrected chi connectivity index (χ4v) is 5.13. The van der Waals surface area contributed by atoms with Crippen LogP contribution in [0.4, 0.5) is 10.2 Å². The van der Waals surface area contributed by atoms with Crippen LogP contribution < -0.4 is 10.6 Å². The number of aliphatic hydroxyl groups is 1. The summed E-state index contributed by atoms with van der Waals surface area (Å²) < 4.78 is 14.8. The number of piperidine rings is 1. The summed E-state index contributed by atoms with van der Waals surface area (Å²) in [5, 5.41) is 19.2. The van der Waals surface area contributed by atoms with E-state index in [0.29, 0.717) is 22.9 Å². The second-order valence-corrected chi connectivity index (χ2v) is 8.74. The van der Waals surface area contributed by atoms with Gasteiger partial charge in [-0.05, 0) is 50.2 Å². The quantitative estimate of drug-likeness (QED) is 0.771. The fraction of sp³-hybridized carbons (Fsp3) is 0.500. The minimum absolute atomic E-state index is 0.0516. The number of nitrogens with two attached hydrogens (primary N) is 1. The number of nitrogens with zero attached hydrogens (tertiary/aromatic N) is 4. The molecule has 2 heterocycles. The van der Waals surface area contributed by atoms with Crippen LogP contribution in [0.15, 0.2) is 12.1 Å². The van der Waals surface area contributed by atoms with Crippen LogP contribution in [0.3, 0.4) is 0 Å². The SMILES string of the molecule is Cc1nc(N2CCC3(CCC[C@H]3N)CC2)c(CO)nc1-c1ccc(Cl)c(C#N)c1F. The molecule has 0 bridgehead atoms. The van der Waals surface area contributed by atoms with Gasteiger partial charge in [0, 0.05) is 24.7 Å². The summed E-state index contributed by atoms with van der Waals surface area (Å²) in [7, 11) is 0. The van der Waals surface area contributed by atoms with Crippen LogP contribution >= 0.6 is 11.6 Å². The molecule has 1 saturated carbocycles. The summed E-state index contributed by atoms with van der Waals surface area (Å²) in [5.41, 5.74) is 7.77. The van der Waals surface area contributed by atoms with E-state index in [9.17, 15) is 14.8 Å². The summed E-state index contributed by atoms with van der Waals surface area (Å²) in [5.74, 6) is -0.0933. The zero-order valence-electron chi connectivity index (χ0n) is 17.0. The van der Waals surface area contributed by atoms with Gasteiger partial charge < -0.3 is 15.7 Å². The van der Waals surface area contributed by atoms with E-state index >= 15 is 0 Å². The molecule has 1 atom stereocenters. The van der Waals surface area contributed by atoms with Gasteiger partial charge in [0.15, 0.2) is 11.6 Å². The van der Waals surface area contributed by atoms with Gasteiger partial charge in [0.2, 0.25) is 0 Å². The van der Waals surface area contributed by atoms with Crippen molar-refractivity contribution in [2.24, 2.45) is 11.1 Å². The lowest BCUT2D eigenvalue weighted by Gasteiger charge is -2.42. The van der Waals surface area contributed by atoms with Crippen LogP contribution in [-0.2, 0) is 6.61 Å². The normalized spacial score (nSPS) is 20.5. The maximum absolute atomic E-state index is 14.8. The predicted molar refractivity (Wildman–Crippen MR) is 114 cm³/mol. The first-order valence-electron chi connectivity index (χ1n) is 10.3. The highest BCUT2D eigenvalue weighted by Crippen LogP contribution is 2.46. The molecule has 0 unspecified atom stereocenters. The standard InChI is InChI=1S/C22H25ClFN5O/c1-13-20(14-4-5-16(23)15(11-25)19(14)24)28-17(12-30)21(27-13)29-9-7-22(8-10-29)6-2-3-18(22)26/h4-5,18,30H,2-3,6-10,12,26H2,1H3/t18-/m1/s1. The van der Waals surface area contributed by atoms with Crippen molar-refractivity contribution in [3.05, 3.63) is 39.9 Å². The van der Waals surface area contributed by atoms with E-state index < -0.39 is 5.82 Å². The van der Waals surface area contributed by atoms with Crippen LogP contribution in [0.25, 0.3) is 11.3 Å². The summed E-state index contributed by atoms with van der Waals surface area (Å²) in [6, 6.07) is 5.01. The first-order valence-corrected chi connectivity index (χ1v) is 10.7. The van der Waals surface area contributed by atoms with Crippen molar-refractivity contribution < 1.29 is 9.50 Å². The van der Waals surface area contributed by atoms with Crippen molar-refractivity contribution in [2.45, 2.75) is 51.7 Å². The maximum atomic E-state index is 14.8. The third-order valence-corrected chi connectivity index (χ3v) is 7.08. The Morgan fingerprint density at radius 3 is 2.67 bits per heavy atom. The van der Waals surface area contributed by atoms with Crippen molar-refractivity contribution in [2.75, 3.05) is 18.0 Å². The highest BCUT2D eigenvalue weighted by atomic mass is 35.5. The lowest BCUT2D eigenvalue weighted by Crippen LogP contribution is -2.47. The Morgan fingerprint density at radius 2 is 2.07 bits per heavy atom. The Bertz CT molecular complexity index is 1010. The molecule has 1 aromatic carbocycles. The van der Waals surface area contributed by atoms with Gasteiger partial charge in [-0.1, -0.05) is 18.0 Å². The second kappa shape index (κ2) is 8.10. The second-order valence-electron chi connectivity index (χ2n) is 8.33. The molecule has 8 heteroatoms. The molecule has 1 aliphatic heterocycles. The van der Waals surface area contributed by atoms with E-state index in [-0.39, 0.29) is 34.2 Å². The van der Waals surface area contributed by atoms with Gasteiger partial charge in [0.1, 0.15) is 17.3 Å². The van der Waals surface area contributed by atoms with Gasteiger partial charge in [-0.2, -0.15) is 5.26 Å². The molecular weight excluding hydrogens is 405 g/mol. The van der Waals surface area contributed by atoms with Crippen LogP contribution in [-0.4, -0.2) is 34.2 Å². The van der Waals surface area contributed by atoms with Gasteiger partial charge in [-0.15, -0.1) is 0 Å². The number of anilines is 1. The molecular formula is C22H25ClFN5O. The van der Waals surface area contributed by atoms with Crippen LogP contribution in [0.5, 0.6) is 0 Å². The number of rotatable bonds is 3. The summed E-state index contributed by atoms with van der Waals surface area (Å²) in [6.45, 7) is 3.06. The predicted octanol–water partition coefficient (Wildman–Crippen LogP) is 3.71. The third-order valence-electron chi connectivity index (χ3n) is 6.76. The molecule has 1 aromatic heterocycles. The van der Waals surface area contributed by atoms with E-state index in [1.54, 1.807) is 13.0 Å². The molecule has 2 fully saturated rings. The number of hydrogen-bond donors (Lipinski definition) is 2. The highest BCUT2D eigenvalue weighted by molar-refractivity contribution is 6.31. The van der Waals surface area contributed by atoms with Crippen LogP contribution in [0.2, 0.25) is 5.02 Å². The van der Waals surface area contributed by atoms with E-state index in [1.807, 2.05) is 0 Å². The average molecular weight is 430 g/mol. The number of nitriles is 1. The molecule has 4 rings (SSSR count). The Labute approximate surface area is 180 Å². The zero-order chi connectivity index (χ0) is 21.5. The number of hydrogen-bond acceptors (Lipinski definition) is 6. The smallest absolute Gasteiger partial charge is 0.153 e. The van der Waals surface area contributed by atoms with Crippen molar-refractivity contribution >= 4 is 17.4 Å². The van der Waals surface area contributed by atoms with Crippen molar-refractivity contribution in [1.29, 1.82) is 5.26 Å². The van der Waals surface area contributed by atoms with E-state index in [2.05, 4.69) is 14.9 Å². The summed E-state index contributed by atoms with van der Waals surface area (Å²) >= 11 is 5.92. The topological polar surface area (TPSA) is 99.1 Å².